The van der Waals surface area contributed by atoms with Crippen molar-refractivity contribution in [2.75, 3.05) is 13.7 Å². The molecule has 0 spiro atoms. The average molecular weight is 384 g/mol. The number of rotatable bonds is 8. The van der Waals surface area contributed by atoms with Crippen molar-refractivity contribution < 1.29 is 14.2 Å². The van der Waals surface area contributed by atoms with Crippen LogP contribution in [0.1, 0.15) is 44.4 Å². The summed E-state index contributed by atoms with van der Waals surface area (Å²) in [4.78, 5) is 0. The molecule has 28 heavy (non-hydrogen) atoms. The molecule has 2 aromatic carbocycles. The van der Waals surface area contributed by atoms with Crippen LogP contribution in [0.5, 0.6) is 11.5 Å². The van der Waals surface area contributed by atoms with Gasteiger partial charge in [-0.15, -0.1) is 0 Å². The minimum atomic E-state index is -0.136. The second-order valence-corrected chi connectivity index (χ2v) is 8.47. The van der Waals surface area contributed by atoms with E-state index in [-0.39, 0.29) is 11.5 Å². The van der Waals surface area contributed by atoms with Crippen molar-refractivity contribution in [3.05, 3.63) is 59.2 Å². The summed E-state index contributed by atoms with van der Waals surface area (Å²) in [5.74, 6) is 1.61. The Bertz CT molecular complexity index is 773. The summed E-state index contributed by atoms with van der Waals surface area (Å²) in [6, 6.07) is 15.0. The molecular formula is C24H33NO3. The van der Waals surface area contributed by atoms with Crippen LogP contribution in [0.4, 0.5) is 0 Å². The average Bonchev–Trinajstić information content (AvgIpc) is 2.70. The van der Waals surface area contributed by atoms with Crippen LogP contribution in [-0.2, 0) is 24.3 Å². The van der Waals surface area contributed by atoms with E-state index in [1.165, 1.54) is 16.7 Å². The van der Waals surface area contributed by atoms with Crippen molar-refractivity contribution in [3.8, 4) is 11.5 Å². The first-order chi connectivity index (χ1) is 13.4. The predicted octanol–water partition coefficient (Wildman–Crippen LogP) is 4.74. The van der Waals surface area contributed by atoms with Crippen LogP contribution in [0.25, 0.3) is 0 Å². The highest BCUT2D eigenvalue weighted by Crippen LogP contribution is 2.35. The van der Waals surface area contributed by atoms with Crippen LogP contribution in [0.2, 0.25) is 0 Å². The van der Waals surface area contributed by atoms with E-state index in [0.29, 0.717) is 19.3 Å². The van der Waals surface area contributed by atoms with Gasteiger partial charge in [0.1, 0.15) is 0 Å². The Labute approximate surface area is 169 Å². The molecule has 4 heteroatoms. The van der Waals surface area contributed by atoms with Crippen molar-refractivity contribution in [3.63, 3.8) is 0 Å². The Hall–Kier alpha value is -2.04. The smallest absolute Gasteiger partial charge is 0.161 e. The number of ether oxygens (including phenoxy) is 3. The molecule has 1 heterocycles. The Balaban J connectivity index is 1.63. The lowest BCUT2D eigenvalue weighted by Crippen LogP contribution is -2.35. The summed E-state index contributed by atoms with van der Waals surface area (Å²) < 4.78 is 17.9. The normalized spacial score (nSPS) is 17.7. The fourth-order valence-corrected chi connectivity index (χ4v) is 3.36. The van der Waals surface area contributed by atoms with Gasteiger partial charge in [0.2, 0.25) is 0 Å². The van der Waals surface area contributed by atoms with Crippen LogP contribution in [0, 0.1) is 5.41 Å². The first kappa shape index (κ1) is 20.7. The minimum Gasteiger partial charge on any atom is -0.493 e. The van der Waals surface area contributed by atoms with Crippen molar-refractivity contribution in [1.29, 1.82) is 0 Å². The van der Waals surface area contributed by atoms with E-state index in [9.17, 15) is 0 Å². The van der Waals surface area contributed by atoms with E-state index >= 15 is 0 Å². The Morgan fingerprint density at radius 1 is 1.11 bits per heavy atom. The third kappa shape index (κ3) is 5.06. The fourth-order valence-electron chi connectivity index (χ4n) is 3.36. The predicted molar refractivity (Wildman–Crippen MR) is 113 cm³/mol. The maximum absolute atomic E-state index is 6.23. The summed E-state index contributed by atoms with van der Waals surface area (Å²) in [7, 11) is 1.70. The van der Waals surface area contributed by atoms with Gasteiger partial charge in [-0.2, -0.15) is 0 Å². The molecule has 152 valence electrons. The summed E-state index contributed by atoms with van der Waals surface area (Å²) in [5.41, 5.74) is 3.68. The van der Waals surface area contributed by atoms with Crippen LogP contribution in [0.15, 0.2) is 42.5 Å². The molecule has 0 radical (unpaired) electrons. The van der Waals surface area contributed by atoms with E-state index in [1.807, 2.05) is 18.2 Å². The van der Waals surface area contributed by atoms with Gasteiger partial charge in [0.05, 0.1) is 26.4 Å². The highest BCUT2D eigenvalue weighted by molar-refractivity contribution is 5.48. The molecule has 1 aliphatic rings. The molecule has 0 aliphatic carbocycles. The molecule has 2 unspecified atom stereocenters. The van der Waals surface area contributed by atoms with Crippen LogP contribution in [-0.4, -0.2) is 25.9 Å². The molecule has 1 aliphatic heterocycles. The molecule has 0 aromatic heterocycles. The third-order valence-corrected chi connectivity index (χ3v) is 5.70. The minimum absolute atomic E-state index is 0.0545. The molecule has 0 fully saturated rings. The molecule has 2 aromatic rings. The van der Waals surface area contributed by atoms with Gasteiger partial charge in [-0.3, -0.25) is 0 Å². The van der Waals surface area contributed by atoms with Gasteiger partial charge in [0.15, 0.2) is 11.5 Å². The maximum Gasteiger partial charge on any atom is 0.161 e. The maximum atomic E-state index is 6.23. The number of benzene rings is 2. The zero-order valence-electron chi connectivity index (χ0n) is 17.7. The topological polar surface area (TPSA) is 39.7 Å². The quantitative estimate of drug-likeness (QED) is 0.715. The lowest BCUT2D eigenvalue weighted by Gasteiger charge is -2.32. The van der Waals surface area contributed by atoms with Crippen LogP contribution >= 0.6 is 0 Å². The van der Waals surface area contributed by atoms with Crippen molar-refractivity contribution >= 4 is 0 Å². The molecule has 2 atom stereocenters. The number of hydrogen-bond acceptors (Lipinski definition) is 4. The molecule has 0 amide bonds. The van der Waals surface area contributed by atoms with Gasteiger partial charge in [-0.1, -0.05) is 44.2 Å². The van der Waals surface area contributed by atoms with Gasteiger partial charge in [0, 0.05) is 18.0 Å². The van der Waals surface area contributed by atoms with Crippen molar-refractivity contribution in [2.24, 2.45) is 5.41 Å². The third-order valence-electron chi connectivity index (χ3n) is 5.70. The zero-order chi connectivity index (χ0) is 20.1. The summed E-state index contributed by atoms with van der Waals surface area (Å²) in [6.07, 6.45) is 1.07. The van der Waals surface area contributed by atoms with Gasteiger partial charge < -0.3 is 19.5 Å². The van der Waals surface area contributed by atoms with Crippen LogP contribution in [0.3, 0.4) is 0 Å². The monoisotopic (exact) mass is 383 g/mol. The Morgan fingerprint density at radius 3 is 2.54 bits per heavy atom. The van der Waals surface area contributed by atoms with Crippen LogP contribution < -0.4 is 14.8 Å². The SMILES string of the molecule is COc1cc2c(cc1OCC(C)(C)C(C)OCc1ccccc1)CNC(C)C2. The number of fused-ring (bicyclic) bond motifs is 1. The summed E-state index contributed by atoms with van der Waals surface area (Å²) >= 11 is 0. The van der Waals surface area contributed by atoms with Gasteiger partial charge >= 0.3 is 0 Å². The number of hydrogen-bond donors (Lipinski definition) is 1. The highest BCUT2D eigenvalue weighted by atomic mass is 16.5. The Morgan fingerprint density at radius 2 is 1.82 bits per heavy atom. The summed E-state index contributed by atoms with van der Waals surface area (Å²) in [5, 5.41) is 3.51. The molecule has 0 saturated heterocycles. The first-order valence-corrected chi connectivity index (χ1v) is 10.1. The van der Waals surface area contributed by atoms with E-state index in [1.54, 1.807) is 7.11 Å². The standard InChI is InChI=1S/C24H33NO3/c1-17-11-20-12-22(26-5)23(13-21(20)14-25-17)28-16-24(3,4)18(2)27-15-19-9-7-6-8-10-19/h6-10,12-13,17-18,25H,11,14-16H2,1-5H3. The number of methoxy groups -OCH3 is 1. The Kier molecular flexibility index (Phi) is 6.63. The fraction of sp³-hybridized carbons (Fsp3) is 0.500. The van der Waals surface area contributed by atoms with E-state index < -0.39 is 0 Å². The van der Waals surface area contributed by atoms with Crippen molar-refractivity contribution in [1.82, 2.24) is 5.32 Å². The second-order valence-electron chi connectivity index (χ2n) is 8.47. The van der Waals surface area contributed by atoms with Gasteiger partial charge in [-0.05, 0) is 49.1 Å². The zero-order valence-corrected chi connectivity index (χ0v) is 17.7. The molecule has 3 rings (SSSR count). The van der Waals surface area contributed by atoms with Gasteiger partial charge in [-0.25, -0.2) is 0 Å². The molecule has 1 N–H and O–H groups in total. The molecule has 0 bridgehead atoms. The van der Waals surface area contributed by atoms with Crippen molar-refractivity contribution in [2.45, 2.75) is 59.4 Å². The van der Waals surface area contributed by atoms with E-state index in [0.717, 1.165) is 24.5 Å². The molecular weight excluding hydrogens is 350 g/mol. The number of nitrogens with one attached hydrogen (secondary N) is 1. The second kappa shape index (κ2) is 8.97. The molecule has 4 nitrogen and oxygen atoms in total. The van der Waals surface area contributed by atoms with E-state index in [2.05, 4.69) is 57.3 Å². The lowest BCUT2D eigenvalue weighted by molar-refractivity contribution is -0.0418. The largest absolute Gasteiger partial charge is 0.493 e. The van der Waals surface area contributed by atoms with Gasteiger partial charge in [0.25, 0.3) is 0 Å². The molecule has 0 saturated carbocycles. The lowest BCUT2D eigenvalue weighted by atomic mass is 9.88. The first-order valence-electron chi connectivity index (χ1n) is 10.1. The van der Waals surface area contributed by atoms with E-state index in [4.69, 9.17) is 14.2 Å². The summed E-state index contributed by atoms with van der Waals surface area (Å²) in [6.45, 7) is 10.7. The highest BCUT2D eigenvalue weighted by Gasteiger charge is 2.29.